The van der Waals surface area contributed by atoms with Crippen LogP contribution in [0.2, 0.25) is 0 Å². The van der Waals surface area contributed by atoms with Crippen LogP contribution in [0.15, 0.2) is 66.9 Å². The van der Waals surface area contributed by atoms with Gasteiger partial charge in [-0.2, -0.15) is 4.98 Å². The molecule has 0 radical (unpaired) electrons. The summed E-state index contributed by atoms with van der Waals surface area (Å²) in [6.07, 6.45) is 2.83. The molecule has 2 fully saturated rings. The average Bonchev–Trinajstić information content (AvgIpc) is 3.41. The van der Waals surface area contributed by atoms with Crippen LogP contribution in [0, 0.1) is 11.7 Å². The van der Waals surface area contributed by atoms with Gasteiger partial charge in [-0.3, -0.25) is 4.79 Å². The summed E-state index contributed by atoms with van der Waals surface area (Å²) in [5.74, 6) is 1.51. The first-order valence-electron chi connectivity index (χ1n) is 13.3. The predicted molar refractivity (Wildman–Crippen MR) is 149 cm³/mol. The molecule has 0 bridgehead atoms. The SMILES string of the molecule is CC1CCN(c2nccc(Oc3ccc(NC(=O)c4cc(F)cc(N5CCOCC5)c4)c4ccccc34)n2)C1. The quantitative estimate of drug-likeness (QED) is 0.355. The molecule has 2 aliphatic heterocycles. The third kappa shape index (κ3) is 5.49. The van der Waals surface area contributed by atoms with Gasteiger partial charge in [0.15, 0.2) is 0 Å². The topological polar surface area (TPSA) is 79.8 Å². The first-order valence-corrected chi connectivity index (χ1v) is 13.3. The summed E-state index contributed by atoms with van der Waals surface area (Å²) in [7, 11) is 0. The minimum absolute atomic E-state index is 0.255. The Kier molecular flexibility index (Phi) is 6.98. The van der Waals surface area contributed by atoms with Crippen molar-refractivity contribution in [3.8, 4) is 11.6 Å². The largest absolute Gasteiger partial charge is 0.438 e. The average molecular weight is 528 g/mol. The second kappa shape index (κ2) is 10.9. The van der Waals surface area contributed by atoms with Crippen LogP contribution in [0.5, 0.6) is 11.6 Å². The van der Waals surface area contributed by atoms with Gasteiger partial charge in [0.1, 0.15) is 11.6 Å². The molecule has 39 heavy (non-hydrogen) atoms. The molecule has 1 unspecified atom stereocenters. The van der Waals surface area contributed by atoms with Crippen molar-refractivity contribution in [3.05, 3.63) is 78.2 Å². The van der Waals surface area contributed by atoms with E-state index in [1.807, 2.05) is 35.2 Å². The molecule has 0 aliphatic carbocycles. The van der Waals surface area contributed by atoms with Gasteiger partial charge in [0.25, 0.3) is 5.91 Å². The zero-order chi connectivity index (χ0) is 26.8. The number of hydrogen-bond acceptors (Lipinski definition) is 7. The fourth-order valence-electron chi connectivity index (χ4n) is 5.14. The molecule has 1 N–H and O–H groups in total. The summed E-state index contributed by atoms with van der Waals surface area (Å²) in [5.41, 5.74) is 1.53. The number of nitrogens with one attached hydrogen (secondary N) is 1. The van der Waals surface area contributed by atoms with Gasteiger partial charge in [-0.15, -0.1) is 0 Å². The lowest BCUT2D eigenvalue weighted by Crippen LogP contribution is -2.36. The number of morpholine rings is 1. The van der Waals surface area contributed by atoms with E-state index in [-0.39, 0.29) is 11.5 Å². The molecule has 1 aromatic heterocycles. The fourth-order valence-corrected chi connectivity index (χ4v) is 5.14. The third-order valence-corrected chi connectivity index (χ3v) is 7.19. The molecule has 3 aromatic carbocycles. The highest BCUT2D eigenvalue weighted by Gasteiger charge is 2.22. The molecule has 9 heteroatoms. The van der Waals surface area contributed by atoms with E-state index < -0.39 is 5.82 Å². The molecular formula is C30H30FN5O3. The molecule has 1 amide bonds. The number of carbonyl (C=O) groups is 1. The number of halogens is 1. The molecular weight excluding hydrogens is 497 g/mol. The summed E-state index contributed by atoms with van der Waals surface area (Å²) in [5, 5.41) is 4.58. The van der Waals surface area contributed by atoms with E-state index in [2.05, 4.69) is 27.1 Å². The summed E-state index contributed by atoms with van der Waals surface area (Å²) in [6, 6.07) is 17.4. The molecule has 4 aromatic rings. The highest BCUT2D eigenvalue weighted by atomic mass is 19.1. The van der Waals surface area contributed by atoms with E-state index >= 15 is 0 Å². The summed E-state index contributed by atoms with van der Waals surface area (Å²) < 4.78 is 26.1. The zero-order valence-corrected chi connectivity index (χ0v) is 21.8. The second-order valence-corrected chi connectivity index (χ2v) is 10.0. The van der Waals surface area contributed by atoms with Crippen LogP contribution in [-0.2, 0) is 4.74 Å². The van der Waals surface area contributed by atoms with Crippen LogP contribution < -0.4 is 19.9 Å². The minimum Gasteiger partial charge on any atom is -0.438 e. The van der Waals surface area contributed by atoms with E-state index in [0.717, 1.165) is 30.3 Å². The van der Waals surface area contributed by atoms with Gasteiger partial charge in [-0.05, 0) is 42.7 Å². The molecule has 200 valence electrons. The van der Waals surface area contributed by atoms with Crippen molar-refractivity contribution in [2.75, 3.05) is 54.5 Å². The Morgan fingerprint density at radius 1 is 1.03 bits per heavy atom. The molecule has 0 saturated carbocycles. The van der Waals surface area contributed by atoms with Gasteiger partial charge in [0.2, 0.25) is 11.8 Å². The maximum Gasteiger partial charge on any atom is 0.255 e. The number of ether oxygens (including phenoxy) is 2. The highest BCUT2D eigenvalue weighted by Crippen LogP contribution is 2.35. The third-order valence-electron chi connectivity index (χ3n) is 7.19. The summed E-state index contributed by atoms with van der Waals surface area (Å²) in [4.78, 5) is 26.5. The van der Waals surface area contributed by atoms with Crippen LogP contribution in [0.4, 0.5) is 21.7 Å². The first kappa shape index (κ1) is 25.1. The molecule has 2 aliphatic rings. The van der Waals surface area contributed by atoms with Crippen molar-refractivity contribution in [2.24, 2.45) is 5.92 Å². The first-order chi connectivity index (χ1) is 19.0. The van der Waals surface area contributed by atoms with E-state index in [4.69, 9.17) is 9.47 Å². The Morgan fingerprint density at radius 3 is 2.64 bits per heavy atom. The predicted octanol–water partition coefficient (Wildman–Crippen LogP) is 5.50. The van der Waals surface area contributed by atoms with Crippen LogP contribution in [0.1, 0.15) is 23.7 Å². The number of amides is 1. The van der Waals surface area contributed by atoms with Gasteiger partial charge in [0, 0.05) is 66.2 Å². The Labute approximate surface area is 226 Å². The standard InChI is InChI=1S/C30H30FN5O3/c1-20-9-11-36(19-20)30-32-10-8-28(34-30)39-27-7-6-26(24-4-2-3-5-25(24)27)33-29(37)21-16-22(31)18-23(17-21)35-12-14-38-15-13-35/h2-8,10,16-18,20H,9,11-15,19H2,1H3,(H,33,37). The number of benzene rings is 3. The van der Waals surface area contributed by atoms with Gasteiger partial charge in [0.05, 0.1) is 13.2 Å². The van der Waals surface area contributed by atoms with Crippen LogP contribution in [0.3, 0.4) is 0 Å². The lowest BCUT2D eigenvalue weighted by Gasteiger charge is -2.29. The number of nitrogens with zero attached hydrogens (tertiary/aromatic N) is 4. The second-order valence-electron chi connectivity index (χ2n) is 10.0. The highest BCUT2D eigenvalue weighted by molar-refractivity contribution is 6.10. The number of hydrogen-bond donors (Lipinski definition) is 1. The molecule has 0 spiro atoms. The Bertz CT molecular complexity index is 1510. The Morgan fingerprint density at radius 2 is 1.85 bits per heavy atom. The smallest absolute Gasteiger partial charge is 0.255 e. The molecule has 3 heterocycles. The molecule has 6 rings (SSSR count). The number of carbonyl (C=O) groups excluding carboxylic acids is 1. The monoisotopic (exact) mass is 527 g/mol. The fraction of sp³-hybridized carbons (Fsp3) is 0.300. The van der Waals surface area contributed by atoms with E-state index in [1.54, 1.807) is 24.4 Å². The van der Waals surface area contributed by atoms with Gasteiger partial charge in [-0.25, -0.2) is 9.37 Å². The lowest BCUT2D eigenvalue weighted by atomic mass is 10.1. The number of anilines is 3. The van der Waals surface area contributed by atoms with Gasteiger partial charge in [-0.1, -0.05) is 31.2 Å². The van der Waals surface area contributed by atoms with Crippen molar-refractivity contribution in [1.29, 1.82) is 0 Å². The summed E-state index contributed by atoms with van der Waals surface area (Å²) in [6.45, 7) is 6.55. The normalized spacial score (nSPS) is 17.4. The maximum absolute atomic E-state index is 14.5. The van der Waals surface area contributed by atoms with Crippen LogP contribution in [0.25, 0.3) is 10.8 Å². The van der Waals surface area contributed by atoms with Crippen molar-refractivity contribution < 1.29 is 18.7 Å². The lowest BCUT2D eigenvalue weighted by molar-refractivity contribution is 0.102. The number of aromatic nitrogens is 2. The van der Waals surface area contributed by atoms with E-state index in [1.165, 1.54) is 12.1 Å². The molecule has 1 atom stereocenters. The Balaban J connectivity index is 1.25. The van der Waals surface area contributed by atoms with Crippen molar-refractivity contribution in [2.45, 2.75) is 13.3 Å². The van der Waals surface area contributed by atoms with Crippen LogP contribution >= 0.6 is 0 Å². The number of rotatable bonds is 6. The molecule has 2 saturated heterocycles. The van der Waals surface area contributed by atoms with Crippen molar-refractivity contribution >= 4 is 34.0 Å². The zero-order valence-electron chi connectivity index (χ0n) is 21.8. The number of fused-ring (bicyclic) bond motifs is 1. The van der Waals surface area contributed by atoms with Gasteiger partial charge < -0.3 is 24.6 Å². The van der Waals surface area contributed by atoms with Crippen LogP contribution in [-0.4, -0.2) is 55.3 Å². The maximum atomic E-state index is 14.5. The Hall–Kier alpha value is -4.24. The van der Waals surface area contributed by atoms with E-state index in [0.29, 0.717) is 61.2 Å². The van der Waals surface area contributed by atoms with E-state index in [9.17, 15) is 9.18 Å². The summed E-state index contributed by atoms with van der Waals surface area (Å²) >= 11 is 0. The molecule has 8 nitrogen and oxygen atoms in total. The van der Waals surface area contributed by atoms with Crippen molar-refractivity contribution in [3.63, 3.8) is 0 Å². The van der Waals surface area contributed by atoms with Crippen molar-refractivity contribution in [1.82, 2.24) is 9.97 Å². The minimum atomic E-state index is -0.453. The van der Waals surface area contributed by atoms with Gasteiger partial charge >= 0.3 is 0 Å².